The third kappa shape index (κ3) is 2.69. The highest BCUT2D eigenvalue weighted by atomic mass is 32.2. The lowest BCUT2D eigenvalue weighted by Gasteiger charge is -2.14. The van der Waals surface area contributed by atoms with Gasteiger partial charge in [-0.3, -0.25) is 0 Å². The quantitative estimate of drug-likeness (QED) is 0.733. The van der Waals surface area contributed by atoms with Crippen LogP contribution in [0.4, 0.5) is 0 Å². The minimum absolute atomic E-state index is 0.767. The Morgan fingerprint density at radius 2 is 1.67 bits per heavy atom. The average molecular weight is 336 g/mol. The van der Waals surface area contributed by atoms with Gasteiger partial charge in [0.05, 0.1) is 12.8 Å². The largest absolute Gasteiger partial charge is 0.497 e. The molecule has 0 bridgehead atoms. The third-order valence-electron chi connectivity index (χ3n) is 3.90. The highest BCUT2D eigenvalue weighted by Crippen LogP contribution is 2.28. The summed E-state index contributed by atoms with van der Waals surface area (Å²) < 4.78 is 7.05. The van der Waals surface area contributed by atoms with Crippen LogP contribution in [0.2, 0.25) is 0 Å². The normalized spacial score (nSPS) is 13.3. The van der Waals surface area contributed by atoms with E-state index in [1.165, 1.54) is 5.56 Å². The van der Waals surface area contributed by atoms with Crippen molar-refractivity contribution in [1.82, 2.24) is 14.9 Å². The predicted octanol–water partition coefficient (Wildman–Crippen LogP) is 3.62. The summed E-state index contributed by atoms with van der Waals surface area (Å²) in [4.78, 5) is 0. The van der Waals surface area contributed by atoms with Crippen molar-refractivity contribution in [2.45, 2.75) is 12.1 Å². The van der Waals surface area contributed by atoms with Crippen LogP contribution in [0, 0.1) is 6.92 Å². The minimum atomic E-state index is 0.767. The van der Waals surface area contributed by atoms with E-state index in [1.807, 2.05) is 28.9 Å². The number of aromatic nitrogens is 3. The molecule has 0 saturated heterocycles. The van der Waals surface area contributed by atoms with Crippen LogP contribution < -0.4 is 4.74 Å². The van der Waals surface area contributed by atoms with E-state index in [2.05, 4.69) is 41.4 Å². The van der Waals surface area contributed by atoms with E-state index >= 15 is 0 Å². The lowest BCUT2D eigenvalue weighted by molar-refractivity contribution is 0.415. The van der Waals surface area contributed by atoms with Crippen LogP contribution in [0.25, 0.3) is 11.4 Å². The lowest BCUT2D eigenvalue weighted by Crippen LogP contribution is -2.13. The molecule has 0 radical (unpaired) electrons. The van der Waals surface area contributed by atoms with Gasteiger partial charge >= 0.3 is 0 Å². The molecule has 4 rings (SSSR count). The third-order valence-corrected chi connectivity index (χ3v) is 4.83. The summed E-state index contributed by atoms with van der Waals surface area (Å²) in [5.74, 6) is 2.38. The Kier molecular flexibility index (Phi) is 3.82. The van der Waals surface area contributed by atoms with Gasteiger partial charge in [-0.15, -0.1) is 10.2 Å². The van der Waals surface area contributed by atoms with Crippen LogP contribution in [-0.2, 0) is 0 Å². The molecule has 0 N–H and O–H groups in total. The number of benzene rings is 2. The summed E-state index contributed by atoms with van der Waals surface area (Å²) in [6.07, 6.45) is 0. The molecule has 5 nitrogen and oxygen atoms in total. The Labute approximate surface area is 144 Å². The van der Waals surface area contributed by atoms with Crippen molar-refractivity contribution in [2.24, 2.45) is 5.10 Å². The lowest BCUT2D eigenvalue weighted by atomic mass is 10.1. The van der Waals surface area contributed by atoms with E-state index in [-0.39, 0.29) is 0 Å². The zero-order chi connectivity index (χ0) is 16.5. The molecule has 1 aliphatic heterocycles. The summed E-state index contributed by atoms with van der Waals surface area (Å²) in [7, 11) is 1.67. The Balaban J connectivity index is 1.74. The average Bonchev–Trinajstić information content (AvgIpc) is 3.05. The second-order valence-corrected chi connectivity index (χ2v) is 6.49. The van der Waals surface area contributed by atoms with Gasteiger partial charge in [-0.2, -0.15) is 9.78 Å². The topological polar surface area (TPSA) is 52.3 Å². The van der Waals surface area contributed by atoms with E-state index in [1.54, 1.807) is 18.9 Å². The van der Waals surface area contributed by atoms with Crippen LogP contribution >= 0.6 is 11.8 Å². The van der Waals surface area contributed by atoms with Crippen LogP contribution in [0.1, 0.15) is 11.1 Å². The smallest absolute Gasteiger partial charge is 0.212 e. The first-order chi connectivity index (χ1) is 11.7. The molecule has 24 heavy (non-hydrogen) atoms. The molecule has 0 amide bonds. The molecular formula is C18H16N4OS. The second kappa shape index (κ2) is 6.13. The van der Waals surface area contributed by atoms with Crippen LogP contribution in [-0.4, -0.2) is 33.4 Å². The molecule has 1 aromatic heterocycles. The monoisotopic (exact) mass is 336 g/mol. The van der Waals surface area contributed by atoms with Gasteiger partial charge in [-0.25, -0.2) is 0 Å². The number of ether oxygens (including phenoxy) is 1. The number of fused-ring (bicyclic) bond motifs is 1. The SMILES string of the molecule is COc1ccc(C2=Nn3c(nnc3-c3ccc(C)cc3)SC2)cc1. The second-order valence-electron chi connectivity index (χ2n) is 5.55. The standard InChI is InChI=1S/C18H16N4OS/c1-12-3-5-14(6-4-12)17-19-20-18-22(17)21-16(11-24-18)13-7-9-15(23-2)10-8-13/h3-10H,11H2,1-2H3. The van der Waals surface area contributed by atoms with E-state index in [4.69, 9.17) is 9.84 Å². The number of nitrogens with zero attached hydrogens (tertiary/aromatic N) is 4. The molecule has 0 atom stereocenters. The fourth-order valence-electron chi connectivity index (χ4n) is 2.54. The van der Waals surface area contributed by atoms with Crippen LogP contribution in [0.5, 0.6) is 5.75 Å². The van der Waals surface area contributed by atoms with Crippen molar-refractivity contribution >= 4 is 17.5 Å². The molecule has 3 aromatic rings. The van der Waals surface area contributed by atoms with Gasteiger partial charge in [-0.1, -0.05) is 41.6 Å². The fraction of sp³-hybridized carbons (Fsp3) is 0.167. The van der Waals surface area contributed by atoms with Crippen LogP contribution in [0.15, 0.2) is 58.8 Å². The van der Waals surface area contributed by atoms with Gasteiger partial charge in [0.1, 0.15) is 5.75 Å². The Bertz CT molecular complexity index is 898. The summed E-state index contributed by atoms with van der Waals surface area (Å²) in [6, 6.07) is 16.2. The van der Waals surface area contributed by atoms with Gasteiger partial charge in [-0.05, 0) is 36.8 Å². The van der Waals surface area contributed by atoms with Gasteiger partial charge in [0.2, 0.25) is 5.16 Å². The van der Waals surface area contributed by atoms with Crippen molar-refractivity contribution in [3.05, 3.63) is 59.7 Å². The van der Waals surface area contributed by atoms with E-state index in [0.717, 1.165) is 39.3 Å². The zero-order valence-corrected chi connectivity index (χ0v) is 14.2. The number of rotatable bonds is 3. The number of hydrogen-bond donors (Lipinski definition) is 0. The molecule has 6 heteroatoms. The molecule has 0 fully saturated rings. The van der Waals surface area contributed by atoms with Crippen molar-refractivity contribution in [1.29, 1.82) is 0 Å². The van der Waals surface area contributed by atoms with Crippen molar-refractivity contribution in [3.8, 4) is 17.1 Å². The van der Waals surface area contributed by atoms with Crippen molar-refractivity contribution < 1.29 is 4.74 Å². The van der Waals surface area contributed by atoms with E-state index in [0.29, 0.717) is 0 Å². The highest BCUT2D eigenvalue weighted by molar-refractivity contribution is 7.99. The van der Waals surface area contributed by atoms with Gasteiger partial charge in [0.25, 0.3) is 0 Å². The Hall–Kier alpha value is -2.60. The van der Waals surface area contributed by atoms with Gasteiger partial charge in [0, 0.05) is 11.3 Å². The summed E-state index contributed by atoms with van der Waals surface area (Å²) in [5.41, 5.74) is 4.31. The summed E-state index contributed by atoms with van der Waals surface area (Å²) in [6.45, 7) is 2.07. The van der Waals surface area contributed by atoms with Gasteiger partial charge < -0.3 is 4.74 Å². The zero-order valence-electron chi connectivity index (χ0n) is 13.4. The van der Waals surface area contributed by atoms with Crippen LogP contribution in [0.3, 0.4) is 0 Å². The maximum atomic E-state index is 5.22. The summed E-state index contributed by atoms with van der Waals surface area (Å²) >= 11 is 1.65. The first-order valence-electron chi connectivity index (χ1n) is 7.62. The molecule has 120 valence electrons. The number of thioether (sulfide) groups is 1. The van der Waals surface area contributed by atoms with Gasteiger partial charge in [0.15, 0.2) is 5.82 Å². The first-order valence-corrected chi connectivity index (χ1v) is 8.61. The van der Waals surface area contributed by atoms with E-state index < -0.39 is 0 Å². The molecule has 2 aromatic carbocycles. The van der Waals surface area contributed by atoms with Crippen molar-refractivity contribution in [3.63, 3.8) is 0 Å². The minimum Gasteiger partial charge on any atom is -0.497 e. The van der Waals surface area contributed by atoms with Crippen molar-refractivity contribution in [2.75, 3.05) is 12.9 Å². The predicted molar refractivity (Wildman–Crippen MR) is 95.8 cm³/mol. The molecular weight excluding hydrogens is 320 g/mol. The molecule has 0 saturated carbocycles. The molecule has 0 aliphatic carbocycles. The summed E-state index contributed by atoms with van der Waals surface area (Å²) in [5, 5.41) is 14.2. The fourth-order valence-corrected chi connectivity index (χ4v) is 3.37. The molecule has 2 heterocycles. The Morgan fingerprint density at radius 1 is 0.958 bits per heavy atom. The first kappa shape index (κ1) is 15.0. The Morgan fingerprint density at radius 3 is 2.38 bits per heavy atom. The molecule has 0 unspecified atom stereocenters. The number of hydrogen-bond acceptors (Lipinski definition) is 5. The number of aryl methyl sites for hydroxylation is 1. The maximum absolute atomic E-state index is 5.22. The molecule has 1 aliphatic rings. The maximum Gasteiger partial charge on any atom is 0.212 e. The van der Waals surface area contributed by atoms with E-state index in [9.17, 15) is 0 Å². The number of methoxy groups -OCH3 is 1. The molecule has 0 spiro atoms. The highest BCUT2D eigenvalue weighted by Gasteiger charge is 2.20.